The maximum absolute atomic E-state index is 11.7. The molecule has 1 amide bonds. The van der Waals surface area contributed by atoms with E-state index in [1.807, 2.05) is 45.0 Å². The number of carbonyl (C=O) groups excluding carboxylic acids is 1. The SMILES string of the molecule is CC(C)(C)OC(=O)NCc1ccc(OCCO[Si](C)(C)C(C)(C)C)cc1. The van der Waals surface area contributed by atoms with Crippen molar-refractivity contribution in [1.82, 2.24) is 5.32 Å². The van der Waals surface area contributed by atoms with Gasteiger partial charge in [-0.25, -0.2) is 4.79 Å². The average Bonchev–Trinajstić information content (AvgIpc) is 2.48. The first kappa shape index (κ1) is 22.5. The zero-order chi connectivity index (χ0) is 20.0. The minimum absolute atomic E-state index is 0.204. The van der Waals surface area contributed by atoms with Crippen LogP contribution in [-0.4, -0.2) is 33.2 Å². The van der Waals surface area contributed by atoms with Crippen LogP contribution in [0.2, 0.25) is 18.1 Å². The quantitative estimate of drug-likeness (QED) is 0.526. The summed E-state index contributed by atoms with van der Waals surface area (Å²) in [5, 5.41) is 2.94. The molecule has 1 rings (SSSR count). The molecule has 0 unspecified atom stereocenters. The van der Waals surface area contributed by atoms with Crippen LogP contribution in [0.4, 0.5) is 4.79 Å². The molecule has 0 aromatic heterocycles. The van der Waals surface area contributed by atoms with Crippen molar-refractivity contribution in [1.29, 1.82) is 0 Å². The van der Waals surface area contributed by atoms with E-state index in [9.17, 15) is 4.79 Å². The summed E-state index contributed by atoms with van der Waals surface area (Å²) >= 11 is 0. The summed E-state index contributed by atoms with van der Waals surface area (Å²) in [7, 11) is -1.72. The Bertz CT molecular complexity index is 571. The van der Waals surface area contributed by atoms with Crippen molar-refractivity contribution in [2.75, 3.05) is 13.2 Å². The molecule has 0 saturated heterocycles. The zero-order valence-electron chi connectivity index (χ0n) is 17.6. The van der Waals surface area contributed by atoms with Crippen molar-refractivity contribution < 1.29 is 18.7 Å². The van der Waals surface area contributed by atoms with Crippen molar-refractivity contribution >= 4 is 14.4 Å². The predicted molar refractivity (Wildman–Crippen MR) is 108 cm³/mol. The number of hydrogen-bond donors (Lipinski definition) is 1. The van der Waals surface area contributed by atoms with E-state index >= 15 is 0 Å². The van der Waals surface area contributed by atoms with Crippen molar-refractivity contribution in [2.45, 2.75) is 71.8 Å². The number of nitrogens with one attached hydrogen (secondary N) is 1. The molecule has 0 fully saturated rings. The van der Waals surface area contributed by atoms with E-state index in [2.05, 4.69) is 39.2 Å². The number of benzene rings is 1. The Morgan fingerprint density at radius 2 is 1.58 bits per heavy atom. The summed E-state index contributed by atoms with van der Waals surface area (Å²) in [6, 6.07) is 7.67. The van der Waals surface area contributed by atoms with E-state index in [0.29, 0.717) is 19.8 Å². The zero-order valence-corrected chi connectivity index (χ0v) is 18.6. The molecule has 0 aliphatic carbocycles. The molecule has 0 saturated carbocycles. The number of rotatable bonds is 7. The maximum Gasteiger partial charge on any atom is 0.407 e. The summed E-state index contributed by atoms with van der Waals surface area (Å²) in [6.45, 7) is 18.2. The molecule has 0 heterocycles. The van der Waals surface area contributed by atoms with E-state index in [1.165, 1.54) is 0 Å². The monoisotopic (exact) mass is 381 g/mol. The van der Waals surface area contributed by atoms with Crippen LogP contribution in [0.25, 0.3) is 0 Å². The van der Waals surface area contributed by atoms with Crippen molar-refractivity contribution in [2.24, 2.45) is 0 Å². The normalized spacial score (nSPS) is 12.6. The van der Waals surface area contributed by atoms with Gasteiger partial charge in [-0.15, -0.1) is 0 Å². The summed E-state index contributed by atoms with van der Waals surface area (Å²) in [5.74, 6) is 0.796. The highest BCUT2D eigenvalue weighted by molar-refractivity contribution is 6.74. The van der Waals surface area contributed by atoms with Gasteiger partial charge in [0, 0.05) is 6.54 Å². The average molecular weight is 382 g/mol. The van der Waals surface area contributed by atoms with Gasteiger partial charge in [0.05, 0.1) is 6.61 Å². The second-order valence-electron chi connectivity index (χ2n) is 8.96. The van der Waals surface area contributed by atoms with E-state index in [1.54, 1.807) is 0 Å². The van der Waals surface area contributed by atoms with Crippen LogP contribution in [0.3, 0.4) is 0 Å². The smallest absolute Gasteiger partial charge is 0.407 e. The lowest BCUT2D eigenvalue weighted by molar-refractivity contribution is 0.0523. The largest absolute Gasteiger partial charge is 0.491 e. The predicted octanol–water partition coefficient (Wildman–Crippen LogP) is 5.11. The highest BCUT2D eigenvalue weighted by Gasteiger charge is 2.36. The van der Waals surface area contributed by atoms with Gasteiger partial charge in [0.15, 0.2) is 8.32 Å². The molecule has 0 atom stereocenters. The molecule has 26 heavy (non-hydrogen) atoms. The minimum Gasteiger partial charge on any atom is -0.491 e. The Hall–Kier alpha value is -1.53. The molecule has 1 aromatic rings. The number of alkyl carbamates (subject to hydrolysis) is 1. The van der Waals surface area contributed by atoms with E-state index in [-0.39, 0.29) is 5.04 Å². The van der Waals surface area contributed by atoms with Crippen LogP contribution in [-0.2, 0) is 15.7 Å². The molecule has 5 nitrogen and oxygen atoms in total. The molecule has 0 radical (unpaired) electrons. The molecule has 0 bridgehead atoms. The summed E-state index contributed by atoms with van der Waals surface area (Å²) in [6.07, 6.45) is -0.416. The van der Waals surface area contributed by atoms with Crippen LogP contribution in [0.15, 0.2) is 24.3 Å². The number of hydrogen-bond acceptors (Lipinski definition) is 4. The van der Waals surface area contributed by atoms with Gasteiger partial charge in [-0.1, -0.05) is 32.9 Å². The van der Waals surface area contributed by atoms with Crippen LogP contribution in [0.5, 0.6) is 5.75 Å². The molecule has 1 N–H and O–H groups in total. The van der Waals surface area contributed by atoms with Crippen molar-refractivity contribution in [3.63, 3.8) is 0 Å². The molecule has 0 aliphatic rings. The minimum atomic E-state index is -1.72. The Morgan fingerprint density at radius 3 is 2.08 bits per heavy atom. The third-order valence-electron chi connectivity index (χ3n) is 4.38. The van der Waals surface area contributed by atoms with Gasteiger partial charge in [-0.2, -0.15) is 0 Å². The Balaban J connectivity index is 2.36. The van der Waals surface area contributed by atoms with Crippen LogP contribution < -0.4 is 10.1 Å². The van der Waals surface area contributed by atoms with Gasteiger partial charge in [0.25, 0.3) is 0 Å². The number of amides is 1. The first-order valence-corrected chi connectivity index (χ1v) is 12.0. The first-order chi connectivity index (χ1) is 11.8. The van der Waals surface area contributed by atoms with Crippen LogP contribution >= 0.6 is 0 Å². The summed E-state index contributed by atoms with van der Waals surface area (Å²) in [5.41, 5.74) is 0.495. The fraction of sp³-hybridized carbons (Fsp3) is 0.650. The molecule has 1 aromatic carbocycles. The lowest BCUT2D eigenvalue weighted by Gasteiger charge is -2.36. The Morgan fingerprint density at radius 1 is 1.00 bits per heavy atom. The van der Waals surface area contributed by atoms with E-state index in [4.69, 9.17) is 13.9 Å². The number of carbonyl (C=O) groups is 1. The maximum atomic E-state index is 11.7. The van der Waals surface area contributed by atoms with Gasteiger partial charge < -0.3 is 19.2 Å². The standard InChI is InChI=1S/C20H35NO4Si/c1-19(2,3)25-18(22)21-15-16-9-11-17(12-10-16)23-13-14-24-26(7,8)20(4,5)6/h9-12H,13-15H2,1-8H3,(H,21,22). The third-order valence-corrected chi connectivity index (χ3v) is 8.92. The van der Waals surface area contributed by atoms with E-state index < -0.39 is 20.0 Å². The molecule has 148 valence electrons. The highest BCUT2D eigenvalue weighted by Crippen LogP contribution is 2.36. The fourth-order valence-electron chi connectivity index (χ4n) is 1.86. The van der Waals surface area contributed by atoms with Gasteiger partial charge in [-0.05, 0) is 56.6 Å². The lowest BCUT2D eigenvalue weighted by Crippen LogP contribution is -2.41. The van der Waals surface area contributed by atoms with Gasteiger partial charge in [0.1, 0.15) is 18.0 Å². The highest BCUT2D eigenvalue weighted by atomic mass is 28.4. The van der Waals surface area contributed by atoms with Gasteiger partial charge in [-0.3, -0.25) is 0 Å². The van der Waals surface area contributed by atoms with Gasteiger partial charge >= 0.3 is 6.09 Å². The molecular formula is C20H35NO4Si. The van der Waals surface area contributed by atoms with Crippen LogP contribution in [0, 0.1) is 0 Å². The lowest BCUT2D eigenvalue weighted by atomic mass is 10.2. The first-order valence-electron chi connectivity index (χ1n) is 9.13. The topological polar surface area (TPSA) is 56.8 Å². The van der Waals surface area contributed by atoms with Crippen molar-refractivity contribution in [3.05, 3.63) is 29.8 Å². The summed E-state index contributed by atoms with van der Waals surface area (Å²) < 4.78 is 17.1. The second kappa shape index (κ2) is 8.91. The molecule has 0 aliphatic heterocycles. The van der Waals surface area contributed by atoms with E-state index in [0.717, 1.165) is 11.3 Å². The Labute approximate surface area is 159 Å². The second-order valence-corrected chi connectivity index (χ2v) is 13.8. The number of ether oxygens (including phenoxy) is 2. The fourth-order valence-corrected chi connectivity index (χ4v) is 2.89. The Kier molecular flexibility index (Phi) is 7.71. The third kappa shape index (κ3) is 8.23. The molecular weight excluding hydrogens is 346 g/mol. The molecule has 0 spiro atoms. The van der Waals surface area contributed by atoms with Gasteiger partial charge in [0.2, 0.25) is 0 Å². The summed E-state index contributed by atoms with van der Waals surface area (Å²) in [4.78, 5) is 11.7. The molecule has 6 heteroatoms. The van der Waals surface area contributed by atoms with Crippen molar-refractivity contribution in [3.8, 4) is 5.75 Å². The van der Waals surface area contributed by atoms with Crippen LogP contribution in [0.1, 0.15) is 47.1 Å².